The lowest BCUT2D eigenvalue weighted by Crippen LogP contribution is -2.45. The van der Waals surface area contributed by atoms with E-state index >= 15 is 0 Å². The van der Waals surface area contributed by atoms with Crippen LogP contribution >= 0.6 is 0 Å². The number of nitrogens with two attached hydrogens (primary N) is 1. The lowest BCUT2D eigenvalue weighted by Gasteiger charge is -2.30. The minimum absolute atomic E-state index is 0.00858. The molecule has 1 atom stereocenters. The SMILES string of the molecule is NC1CCCN(C(=O)CCC(=O)c2ccc(-c3ccccc3)cc2)C1. The number of hydrogen-bond acceptors (Lipinski definition) is 3. The summed E-state index contributed by atoms with van der Waals surface area (Å²) in [6, 6.07) is 17.7. The number of ketones is 1. The Labute approximate surface area is 148 Å². The summed E-state index contributed by atoms with van der Waals surface area (Å²) in [5.41, 5.74) is 8.77. The molecule has 0 aliphatic carbocycles. The van der Waals surface area contributed by atoms with Crippen molar-refractivity contribution in [3.05, 3.63) is 60.2 Å². The van der Waals surface area contributed by atoms with Crippen LogP contribution in [-0.2, 0) is 4.79 Å². The van der Waals surface area contributed by atoms with Crippen LogP contribution in [0.2, 0.25) is 0 Å². The fourth-order valence-corrected chi connectivity index (χ4v) is 3.24. The van der Waals surface area contributed by atoms with Crippen LogP contribution in [0.15, 0.2) is 54.6 Å². The van der Waals surface area contributed by atoms with Gasteiger partial charge in [0.15, 0.2) is 5.78 Å². The number of likely N-dealkylation sites (tertiary alicyclic amines) is 1. The molecule has 4 nitrogen and oxygen atoms in total. The zero-order valence-electron chi connectivity index (χ0n) is 14.4. The van der Waals surface area contributed by atoms with Crippen LogP contribution in [0.4, 0.5) is 0 Å². The Balaban J connectivity index is 1.55. The van der Waals surface area contributed by atoms with Gasteiger partial charge in [-0.3, -0.25) is 9.59 Å². The maximum Gasteiger partial charge on any atom is 0.223 e. The molecule has 1 aliphatic heterocycles. The van der Waals surface area contributed by atoms with Crippen LogP contribution in [0.1, 0.15) is 36.0 Å². The van der Waals surface area contributed by atoms with Gasteiger partial charge in [-0.1, -0.05) is 54.6 Å². The van der Waals surface area contributed by atoms with Crippen molar-refractivity contribution in [1.82, 2.24) is 4.90 Å². The molecule has 0 bridgehead atoms. The third-order valence-electron chi connectivity index (χ3n) is 4.69. The highest BCUT2D eigenvalue weighted by molar-refractivity contribution is 5.98. The second kappa shape index (κ2) is 8.08. The molecule has 25 heavy (non-hydrogen) atoms. The van der Waals surface area contributed by atoms with Gasteiger partial charge in [-0.25, -0.2) is 0 Å². The molecule has 1 saturated heterocycles. The summed E-state index contributed by atoms with van der Waals surface area (Å²) in [5, 5.41) is 0. The highest BCUT2D eigenvalue weighted by Crippen LogP contribution is 2.20. The number of rotatable bonds is 5. The van der Waals surface area contributed by atoms with Crippen LogP contribution < -0.4 is 5.73 Å². The van der Waals surface area contributed by atoms with E-state index in [-0.39, 0.29) is 30.6 Å². The van der Waals surface area contributed by atoms with Crippen LogP contribution in [0.3, 0.4) is 0 Å². The van der Waals surface area contributed by atoms with Gasteiger partial charge in [0, 0.05) is 37.5 Å². The van der Waals surface area contributed by atoms with E-state index in [1.54, 1.807) is 4.90 Å². The normalized spacial score (nSPS) is 17.3. The average Bonchev–Trinajstić information content (AvgIpc) is 2.66. The van der Waals surface area contributed by atoms with Crippen LogP contribution in [0, 0.1) is 0 Å². The molecule has 1 aliphatic rings. The molecule has 1 fully saturated rings. The number of Topliss-reactive ketones (excluding diaryl/α,β-unsaturated/α-hetero) is 1. The minimum Gasteiger partial charge on any atom is -0.341 e. The minimum atomic E-state index is 0.00858. The summed E-state index contributed by atoms with van der Waals surface area (Å²) < 4.78 is 0. The molecule has 3 rings (SSSR count). The molecule has 2 aromatic rings. The smallest absolute Gasteiger partial charge is 0.223 e. The maximum absolute atomic E-state index is 12.3. The van der Waals surface area contributed by atoms with Crippen LogP contribution in [0.25, 0.3) is 11.1 Å². The molecule has 0 radical (unpaired) electrons. The summed E-state index contributed by atoms with van der Waals surface area (Å²) in [7, 11) is 0. The Morgan fingerprint density at radius 3 is 2.32 bits per heavy atom. The zero-order chi connectivity index (χ0) is 17.6. The van der Waals surface area contributed by atoms with E-state index in [0.717, 1.165) is 30.5 Å². The zero-order valence-corrected chi connectivity index (χ0v) is 14.4. The number of hydrogen-bond donors (Lipinski definition) is 1. The second-order valence-electron chi connectivity index (χ2n) is 6.61. The molecular weight excluding hydrogens is 312 g/mol. The molecule has 1 heterocycles. The third kappa shape index (κ3) is 4.54. The monoisotopic (exact) mass is 336 g/mol. The van der Waals surface area contributed by atoms with Crippen molar-refractivity contribution in [2.24, 2.45) is 5.73 Å². The van der Waals surface area contributed by atoms with Crippen molar-refractivity contribution in [2.45, 2.75) is 31.7 Å². The lowest BCUT2D eigenvalue weighted by atomic mass is 10.0. The summed E-state index contributed by atoms with van der Waals surface area (Å²) in [5.74, 6) is 0.0404. The van der Waals surface area contributed by atoms with Crippen LogP contribution in [-0.4, -0.2) is 35.7 Å². The van der Waals surface area contributed by atoms with Gasteiger partial charge >= 0.3 is 0 Å². The number of carbonyl (C=O) groups excluding carboxylic acids is 2. The molecule has 1 unspecified atom stereocenters. The van der Waals surface area contributed by atoms with Crippen molar-refractivity contribution in [2.75, 3.05) is 13.1 Å². The van der Waals surface area contributed by atoms with Gasteiger partial charge in [0.25, 0.3) is 0 Å². The third-order valence-corrected chi connectivity index (χ3v) is 4.69. The van der Waals surface area contributed by atoms with Gasteiger partial charge in [0.2, 0.25) is 5.91 Å². The first kappa shape index (κ1) is 17.4. The summed E-state index contributed by atoms with van der Waals surface area (Å²) in [6.45, 7) is 1.37. The molecule has 0 spiro atoms. The molecule has 130 valence electrons. The highest BCUT2D eigenvalue weighted by Gasteiger charge is 2.21. The van der Waals surface area contributed by atoms with Crippen LogP contribution in [0.5, 0.6) is 0 Å². The Bertz CT molecular complexity index is 725. The Morgan fingerprint density at radius 1 is 0.960 bits per heavy atom. The standard InChI is InChI=1S/C21H24N2O2/c22-19-7-4-14-23(15-19)21(25)13-12-20(24)18-10-8-17(9-11-18)16-5-2-1-3-6-16/h1-3,5-6,8-11,19H,4,7,12-15,22H2. The number of nitrogens with zero attached hydrogens (tertiary/aromatic N) is 1. The fraction of sp³-hybridized carbons (Fsp3) is 0.333. The van der Waals surface area contributed by atoms with E-state index in [1.165, 1.54) is 0 Å². The van der Waals surface area contributed by atoms with Crippen molar-refractivity contribution in [1.29, 1.82) is 0 Å². The molecule has 0 aromatic heterocycles. The van der Waals surface area contributed by atoms with E-state index in [0.29, 0.717) is 12.1 Å². The largest absolute Gasteiger partial charge is 0.341 e. The molecule has 2 aromatic carbocycles. The van der Waals surface area contributed by atoms with Gasteiger partial charge in [0.1, 0.15) is 0 Å². The highest BCUT2D eigenvalue weighted by atomic mass is 16.2. The first-order chi connectivity index (χ1) is 12.1. The van der Waals surface area contributed by atoms with Gasteiger partial charge in [-0.05, 0) is 24.0 Å². The van der Waals surface area contributed by atoms with Crippen molar-refractivity contribution in [3.63, 3.8) is 0 Å². The molecule has 2 N–H and O–H groups in total. The first-order valence-corrected chi connectivity index (χ1v) is 8.85. The Kier molecular flexibility index (Phi) is 5.61. The van der Waals surface area contributed by atoms with E-state index in [2.05, 4.69) is 0 Å². The second-order valence-corrected chi connectivity index (χ2v) is 6.61. The summed E-state index contributed by atoms with van der Waals surface area (Å²) in [4.78, 5) is 26.4. The maximum atomic E-state index is 12.3. The predicted molar refractivity (Wildman–Crippen MR) is 99.2 cm³/mol. The van der Waals surface area contributed by atoms with Crippen molar-refractivity contribution >= 4 is 11.7 Å². The van der Waals surface area contributed by atoms with Gasteiger partial charge in [-0.2, -0.15) is 0 Å². The van der Waals surface area contributed by atoms with Crippen molar-refractivity contribution < 1.29 is 9.59 Å². The van der Waals surface area contributed by atoms with Gasteiger partial charge in [0.05, 0.1) is 0 Å². The first-order valence-electron chi connectivity index (χ1n) is 8.85. The summed E-state index contributed by atoms with van der Waals surface area (Å²) >= 11 is 0. The summed E-state index contributed by atoms with van der Waals surface area (Å²) in [6.07, 6.45) is 2.42. The van der Waals surface area contributed by atoms with E-state index in [9.17, 15) is 9.59 Å². The topological polar surface area (TPSA) is 63.4 Å². The lowest BCUT2D eigenvalue weighted by molar-refractivity contribution is -0.132. The molecule has 4 heteroatoms. The van der Waals surface area contributed by atoms with E-state index in [4.69, 9.17) is 5.73 Å². The van der Waals surface area contributed by atoms with E-state index < -0.39 is 0 Å². The van der Waals surface area contributed by atoms with Crippen molar-refractivity contribution in [3.8, 4) is 11.1 Å². The number of carbonyl (C=O) groups is 2. The Hall–Kier alpha value is -2.46. The van der Waals surface area contributed by atoms with Gasteiger partial charge < -0.3 is 10.6 Å². The molecular formula is C21H24N2O2. The number of amides is 1. The number of benzene rings is 2. The predicted octanol–water partition coefficient (Wildman–Crippen LogP) is 3.27. The molecule has 1 amide bonds. The quantitative estimate of drug-likeness (QED) is 0.852. The Morgan fingerprint density at radius 2 is 1.64 bits per heavy atom. The average molecular weight is 336 g/mol. The number of piperidine rings is 1. The van der Waals surface area contributed by atoms with E-state index in [1.807, 2.05) is 54.6 Å². The van der Waals surface area contributed by atoms with Gasteiger partial charge in [-0.15, -0.1) is 0 Å². The fourth-order valence-electron chi connectivity index (χ4n) is 3.24. The molecule has 0 saturated carbocycles.